The fraction of sp³-hybridized carbons (Fsp3) is 0.500. The predicted molar refractivity (Wildman–Crippen MR) is 102 cm³/mol. The highest BCUT2D eigenvalue weighted by Crippen LogP contribution is 2.18. The van der Waals surface area contributed by atoms with E-state index in [-0.39, 0.29) is 24.2 Å². The third-order valence-corrected chi connectivity index (χ3v) is 5.18. The Bertz CT molecular complexity index is 878. The zero-order valence-electron chi connectivity index (χ0n) is 15.7. The summed E-state index contributed by atoms with van der Waals surface area (Å²) in [6.45, 7) is 2.05. The average Bonchev–Trinajstić information content (AvgIpc) is 2.74. The maximum Gasteiger partial charge on any atom is 0.254 e. The molecule has 0 spiro atoms. The minimum atomic E-state index is -0.144. The Morgan fingerprint density at radius 1 is 1.32 bits per heavy atom. The van der Waals surface area contributed by atoms with Gasteiger partial charge in [-0.05, 0) is 37.8 Å². The zero-order valence-corrected chi connectivity index (χ0v) is 15.7. The van der Waals surface area contributed by atoms with Crippen LogP contribution in [0.5, 0.6) is 0 Å². The van der Waals surface area contributed by atoms with Crippen molar-refractivity contribution in [2.24, 2.45) is 0 Å². The molecule has 8 heteroatoms. The lowest BCUT2D eigenvalue weighted by Gasteiger charge is -2.28. The van der Waals surface area contributed by atoms with Crippen LogP contribution in [-0.2, 0) is 27.2 Å². The lowest BCUT2D eigenvalue weighted by molar-refractivity contribution is -0.139. The molecule has 1 saturated heterocycles. The fourth-order valence-corrected chi connectivity index (χ4v) is 3.61. The van der Waals surface area contributed by atoms with E-state index in [9.17, 15) is 9.59 Å². The number of carbonyl (C=O) groups is 1. The standard InChI is InChI=1S/C20H24N4O4/c25-18(13-27-12-15-3-1-2-10-28-15)24-9-6-16-17(11-24)22-19(23-20(16)26)14-4-7-21-8-5-14/h4-5,7-8,15H,1-3,6,9-13H2,(H,22,23,26)/t15-/m0/s1. The summed E-state index contributed by atoms with van der Waals surface area (Å²) in [5, 5.41) is 0. The third-order valence-electron chi connectivity index (χ3n) is 5.18. The van der Waals surface area contributed by atoms with Crippen LogP contribution in [0.25, 0.3) is 11.4 Å². The molecule has 0 bridgehead atoms. The van der Waals surface area contributed by atoms with Crippen molar-refractivity contribution in [3.8, 4) is 11.4 Å². The molecule has 0 radical (unpaired) electrons. The van der Waals surface area contributed by atoms with E-state index in [0.717, 1.165) is 31.4 Å². The molecule has 0 aliphatic carbocycles. The van der Waals surface area contributed by atoms with Gasteiger partial charge in [0.25, 0.3) is 5.56 Å². The molecular formula is C20H24N4O4. The topological polar surface area (TPSA) is 97.4 Å². The lowest BCUT2D eigenvalue weighted by Crippen LogP contribution is -2.41. The second kappa shape index (κ2) is 8.62. The number of ether oxygens (including phenoxy) is 2. The van der Waals surface area contributed by atoms with Gasteiger partial charge in [0, 0.05) is 36.7 Å². The summed E-state index contributed by atoms with van der Waals surface area (Å²) in [7, 11) is 0. The zero-order chi connectivity index (χ0) is 19.3. The Balaban J connectivity index is 1.40. The first-order chi connectivity index (χ1) is 13.7. The van der Waals surface area contributed by atoms with E-state index in [1.54, 1.807) is 29.4 Å². The van der Waals surface area contributed by atoms with Gasteiger partial charge in [-0.3, -0.25) is 14.6 Å². The maximum atomic E-state index is 12.5. The van der Waals surface area contributed by atoms with Gasteiger partial charge in [0.2, 0.25) is 5.91 Å². The van der Waals surface area contributed by atoms with Crippen molar-refractivity contribution < 1.29 is 14.3 Å². The van der Waals surface area contributed by atoms with Crippen LogP contribution in [0, 0.1) is 0 Å². The molecule has 2 aliphatic heterocycles. The molecular weight excluding hydrogens is 360 g/mol. The van der Waals surface area contributed by atoms with E-state index in [0.29, 0.717) is 43.2 Å². The van der Waals surface area contributed by atoms with E-state index in [1.165, 1.54) is 0 Å². The molecule has 4 rings (SSSR count). The molecule has 8 nitrogen and oxygen atoms in total. The van der Waals surface area contributed by atoms with E-state index in [1.807, 2.05) is 0 Å². The number of fused-ring (bicyclic) bond motifs is 1. The van der Waals surface area contributed by atoms with Crippen LogP contribution in [0.2, 0.25) is 0 Å². The van der Waals surface area contributed by atoms with Gasteiger partial charge < -0.3 is 19.4 Å². The molecule has 0 saturated carbocycles. The minimum Gasteiger partial charge on any atom is -0.376 e. The Kier molecular flexibility index (Phi) is 5.78. The molecule has 1 N–H and O–H groups in total. The Morgan fingerprint density at radius 2 is 2.18 bits per heavy atom. The molecule has 2 aromatic heterocycles. The van der Waals surface area contributed by atoms with Gasteiger partial charge in [-0.1, -0.05) is 0 Å². The minimum absolute atomic E-state index is 0.0234. The number of carbonyl (C=O) groups excluding carboxylic acids is 1. The largest absolute Gasteiger partial charge is 0.376 e. The van der Waals surface area contributed by atoms with Crippen molar-refractivity contribution in [3.63, 3.8) is 0 Å². The average molecular weight is 384 g/mol. The van der Waals surface area contributed by atoms with E-state index < -0.39 is 0 Å². The summed E-state index contributed by atoms with van der Waals surface area (Å²) in [4.78, 5) is 38.1. The number of amides is 1. The Labute approximate surface area is 162 Å². The fourth-order valence-electron chi connectivity index (χ4n) is 3.61. The summed E-state index contributed by atoms with van der Waals surface area (Å²) < 4.78 is 11.2. The third kappa shape index (κ3) is 4.28. The van der Waals surface area contributed by atoms with Crippen LogP contribution in [-0.4, -0.2) is 58.2 Å². The van der Waals surface area contributed by atoms with Crippen LogP contribution >= 0.6 is 0 Å². The molecule has 0 unspecified atom stereocenters. The molecule has 2 aliphatic rings. The molecule has 1 fully saturated rings. The van der Waals surface area contributed by atoms with Crippen LogP contribution < -0.4 is 5.56 Å². The summed E-state index contributed by atoms with van der Waals surface area (Å²) in [5.41, 5.74) is 1.94. The first-order valence-electron chi connectivity index (χ1n) is 9.70. The van der Waals surface area contributed by atoms with Gasteiger partial charge in [0.1, 0.15) is 12.4 Å². The van der Waals surface area contributed by atoms with Crippen molar-refractivity contribution in [2.45, 2.75) is 38.3 Å². The number of hydrogen-bond donors (Lipinski definition) is 1. The molecule has 1 atom stereocenters. The highest BCUT2D eigenvalue weighted by molar-refractivity contribution is 5.77. The highest BCUT2D eigenvalue weighted by Gasteiger charge is 2.25. The number of aromatic nitrogens is 3. The molecule has 4 heterocycles. The first-order valence-corrected chi connectivity index (χ1v) is 9.70. The maximum absolute atomic E-state index is 12.5. The number of pyridine rings is 1. The molecule has 0 aromatic carbocycles. The van der Waals surface area contributed by atoms with E-state index in [2.05, 4.69) is 15.0 Å². The lowest BCUT2D eigenvalue weighted by atomic mass is 10.1. The Morgan fingerprint density at radius 3 is 2.96 bits per heavy atom. The van der Waals surface area contributed by atoms with Gasteiger partial charge in [-0.25, -0.2) is 4.98 Å². The van der Waals surface area contributed by atoms with Crippen LogP contribution in [0.4, 0.5) is 0 Å². The van der Waals surface area contributed by atoms with Crippen molar-refractivity contribution >= 4 is 5.91 Å². The summed E-state index contributed by atoms with van der Waals surface area (Å²) in [6, 6.07) is 3.58. The molecule has 148 valence electrons. The Hall–Kier alpha value is -2.58. The molecule has 2 aromatic rings. The van der Waals surface area contributed by atoms with Crippen LogP contribution in [0.15, 0.2) is 29.3 Å². The van der Waals surface area contributed by atoms with Gasteiger partial charge in [-0.2, -0.15) is 0 Å². The number of aromatic amines is 1. The SMILES string of the molecule is O=C(COC[C@@H]1CCCCO1)N1CCc2c(nc(-c3ccncc3)[nH]c2=O)C1. The van der Waals surface area contributed by atoms with E-state index in [4.69, 9.17) is 9.47 Å². The normalized spacial score (nSPS) is 19.3. The summed E-state index contributed by atoms with van der Waals surface area (Å²) in [5.74, 6) is 0.403. The smallest absolute Gasteiger partial charge is 0.254 e. The van der Waals surface area contributed by atoms with Crippen LogP contribution in [0.3, 0.4) is 0 Å². The van der Waals surface area contributed by atoms with Crippen molar-refractivity contribution in [2.75, 3.05) is 26.4 Å². The van der Waals surface area contributed by atoms with Crippen molar-refractivity contribution in [3.05, 3.63) is 46.1 Å². The summed E-state index contributed by atoms with van der Waals surface area (Å²) in [6.07, 6.45) is 7.10. The predicted octanol–water partition coefficient (Wildman–Crippen LogP) is 1.30. The van der Waals surface area contributed by atoms with E-state index >= 15 is 0 Å². The summed E-state index contributed by atoms with van der Waals surface area (Å²) >= 11 is 0. The van der Waals surface area contributed by atoms with Crippen molar-refractivity contribution in [1.82, 2.24) is 19.9 Å². The number of rotatable bonds is 5. The number of H-pyrrole nitrogens is 1. The van der Waals surface area contributed by atoms with Gasteiger partial charge in [0.05, 0.1) is 24.9 Å². The number of hydrogen-bond acceptors (Lipinski definition) is 6. The quantitative estimate of drug-likeness (QED) is 0.835. The van der Waals surface area contributed by atoms with Gasteiger partial charge in [0.15, 0.2) is 0 Å². The van der Waals surface area contributed by atoms with Gasteiger partial charge >= 0.3 is 0 Å². The number of nitrogens with one attached hydrogen (secondary N) is 1. The highest BCUT2D eigenvalue weighted by atomic mass is 16.5. The second-order valence-electron chi connectivity index (χ2n) is 7.14. The molecule has 28 heavy (non-hydrogen) atoms. The molecule has 1 amide bonds. The van der Waals surface area contributed by atoms with Gasteiger partial charge in [-0.15, -0.1) is 0 Å². The van der Waals surface area contributed by atoms with Crippen molar-refractivity contribution in [1.29, 1.82) is 0 Å². The first kappa shape index (κ1) is 18.8. The monoisotopic (exact) mass is 384 g/mol. The van der Waals surface area contributed by atoms with Crippen LogP contribution in [0.1, 0.15) is 30.5 Å². The second-order valence-corrected chi connectivity index (χ2v) is 7.14. The number of nitrogens with zero attached hydrogens (tertiary/aromatic N) is 3.